The first kappa shape index (κ1) is 22.8. The molecule has 0 atom stereocenters. The highest BCUT2D eigenvalue weighted by atomic mass is 32.2. The number of azo groups is 1. The van der Waals surface area contributed by atoms with Gasteiger partial charge in [0.05, 0.1) is 15.9 Å². The van der Waals surface area contributed by atoms with Gasteiger partial charge in [-0.25, -0.2) is 4.98 Å². The van der Waals surface area contributed by atoms with Crippen molar-refractivity contribution in [2.24, 2.45) is 10.2 Å². The van der Waals surface area contributed by atoms with Gasteiger partial charge in [-0.15, -0.1) is 10.2 Å². The molecule has 0 unspecified atom stereocenters. The van der Waals surface area contributed by atoms with E-state index in [1.807, 2.05) is 18.2 Å². The van der Waals surface area contributed by atoms with Crippen LogP contribution in [0, 0.1) is 10.7 Å². The summed E-state index contributed by atoms with van der Waals surface area (Å²) in [6, 6.07) is 12.3. The van der Waals surface area contributed by atoms with Crippen molar-refractivity contribution < 1.29 is 0 Å². The summed E-state index contributed by atoms with van der Waals surface area (Å²) in [5.41, 5.74) is 4.57. The predicted molar refractivity (Wildman–Crippen MR) is 136 cm³/mol. The average molecular weight is 464 g/mol. The Morgan fingerprint density at radius 2 is 1.97 bits per heavy atom. The van der Waals surface area contributed by atoms with E-state index in [0.29, 0.717) is 5.13 Å². The van der Waals surface area contributed by atoms with Gasteiger partial charge in [-0.05, 0) is 80.4 Å². The van der Waals surface area contributed by atoms with Crippen molar-refractivity contribution in [2.75, 3.05) is 11.4 Å². The predicted octanol–water partition coefficient (Wildman–Crippen LogP) is 8.40. The summed E-state index contributed by atoms with van der Waals surface area (Å²) < 4.78 is 1.02. The fraction of sp³-hybridized carbons (Fsp3) is 0.440. The van der Waals surface area contributed by atoms with Crippen LogP contribution in [0.15, 0.2) is 51.5 Å². The Kier molecular flexibility index (Phi) is 7.12. The molecule has 0 saturated heterocycles. The van der Waals surface area contributed by atoms with Crippen molar-refractivity contribution in [3.63, 3.8) is 0 Å². The minimum Gasteiger partial charge on any atom is -0.366 e. The van der Waals surface area contributed by atoms with Gasteiger partial charge in [-0.1, -0.05) is 43.9 Å². The Hall–Kier alpha value is -2.43. The molecule has 2 aromatic carbocycles. The lowest BCUT2D eigenvalue weighted by molar-refractivity contribution is 0.473. The number of thiazole rings is 1. The van der Waals surface area contributed by atoms with Crippen LogP contribution in [-0.2, 0) is 6.42 Å². The number of nitriles is 1. The van der Waals surface area contributed by atoms with Crippen molar-refractivity contribution in [1.29, 1.82) is 5.26 Å². The molecule has 0 radical (unpaired) electrons. The second-order valence-electron chi connectivity index (χ2n) is 8.89. The number of aromatic nitrogens is 1. The molecule has 0 spiro atoms. The normalized spacial score (nSPS) is 14.9. The van der Waals surface area contributed by atoms with Crippen LogP contribution in [0.5, 0.6) is 0 Å². The van der Waals surface area contributed by atoms with Gasteiger partial charge in [0.25, 0.3) is 0 Å². The van der Waals surface area contributed by atoms with E-state index in [2.05, 4.69) is 64.5 Å². The van der Waals surface area contributed by atoms with Gasteiger partial charge in [0.1, 0.15) is 5.40 Å². The highest BCUT2D eigenvalue weighted by Crippen LogP contribution is 2.41. The molecule has 0 saturated carbocycles. The number of hydrogen-bond donors (Lipinski definition) is 0. The molecule has 5 nitrogen and oxygen atoms in total. The monoisotopic (exact) mass is 463 g/mol. The highest BCUT2D eigenvalue weighted by Gasteiger charge is 2.35. The summed E-state index contributed by atoms with van der Waals surface area (Å²) >= 11 is 2.65. The van der Waals surface area contributed by atoms with Crippen LogP contribution in [0.25, 0.3) is 10.2 Å². The van der Waals surface area contributed by atoms with Crippen LogP contribution in [0.4, 0.5) is 16.5 Å². The molecule has 1 aromatic heterocycles. The SMILES string of the molecule is CCCCCCCN1c2ccc(N=Nc3nc4ccc(SC#N)cc4s3)cc2CC1(C)C. The van der Waals surface area contributed by atoms with Gasteiger partial charge in [-0.3, -0.25) is 0 Å². The zero-order valence-electron chi connectivity index (χ0n) is 19.0. The molecular weight excluding hydrogens is 434 g/mol. The molecule has 1 aliphatic heterocycles. The molecule has 7 heteroatoms. The van der Waals surface area contributed by atoms with E-state index in [9.17, 15) is 0 Å². The molecule has 0 bridgehead atoms. The van der Waals surface area contributed by atoms with Gasteiger partial charge < -0.3 is 4.90 Å². The Bertz CT molecular complexity index is 1160. The number of rotatable bonds is 9. The smallest absolute Gasteiger partial charge is 0.231 e. The fourth-order valence-electron chi connectivity index (χ4n) is 4.38. The molecule has 0 fully saturated rings. The zero-order chi connectivity index (χ0) is 22.6. The number of hydrogen-bond acceptors (Lipinski definition) is 7. The molecule has 32 heavy (non-hydrogen) atoms. The van der Waals surface area contributed by atoms with E-state index < -0.39 is 0 Å². The first-order chi connectivity index (χ1) is 15.5. The van der Waals surface area contributed by atoms with Gasteiger partial charge in [0.15, 0.2) is 0 Å². The lowest BCUT2D eigenvalue weighted by Crippen LogP contribution is -2.41. The topological polar surface area (TPSA) is 64.6 Å². The Balaban J connectivity index is 1.47. The molecule has 3 aromatic rings. The van der Waals surface area contributed by atoms with Crippen molar-refractivity contribution in [3.05, 3.63) is 42.0 Å². The number of anilines is 1. The van der Waals surface area contributed by atoms with Crippen LogP contribution in [0.2, 0.25) is 0 Å². The maximum Gasteiger partial charge on any atom is 0.231 e. The molecule has 2 heterocycles. The summed E-state index contributed by atoms with van der Waals surface area (Å²) in [5, 5.41) is 20.5. The number of nitrogens with zero attached hydrogens (tertiary/aromatic N) is 5. The Morgan fingerprint density at radius 3 is 2.78 bits per heavy atom. The molecule has 0 amide bonds. The minimum atomic E-state index is 0.134. The summed E-state index contributed by atoms with van der Waals surface area (Å²) in [7, 11) is 0. The van der Waals surface area contributed by atoms with Crippen LogP contribution in [-0.4, -0.2) is 17.1 Å². The maximum absolute atomic E-state index is 8.86. The Labute approximate surface area is 198 Å². The van der Waals surface area contributed by atoms with Gasteiger partial charge in [0.2, 0.25) is 5.13 Å². The van der Waals surface area contributed by atoms with Crippen LogP contribution >= 0.6 is 23.1 Å². The third-order valence-corrected chi connectivity index (χ3v) is 7.44. The fourth-order valence-corrected chi connectivity index (χ4v) is 5.69. The van der Waals surface area contributed by atoms with Crippen LogP contribution in [0.3, 0.4) is 0 Å². The number of benzene rings is 2. The molecule has 1 aliphatic rings. The van der Waals surface area contributed by atoms with E-state index >= 15 is 0 Å². The van der Waals surface area contributed by atoms with Gasteiger partial charge in [-0.2, -0.15) is 5.26 Å². The second kappa shape index (κ2) is 10.0. The van der Waals surface area contributed by atoms with E-state index in [1.54, 1.807) is 0 Å². The number of unbranched alkanes of at least 4 members (excludes halogenated alkanes) is 4. The quantitative estimate of drug-likeness (QED) is 0.138. The summed E-state index contributed by atoms with van der Waals surface area (Å²) in [6.07, 6.45) is 7.54. The summed E-state index contributed by atoms with van der Waals surface area (Å²) in [5.74, 6) is 0. The standard InChI is InChI=1S/C25H29N5S2/c1-4-5-6-7-8-13-30-22-12-9-19(14-18(22)16-25(30,2)3)28-29-24-27-21-11-10-20(31-17-26)15-23(21)32-24/h9-12,14-15H,4-8,13,16H2,1-3H3. The van der Waals surface area contributed by atoms with Crippen LogP contribution in [0.1, 0.15) is 58.4 Å². The van der Waals surface area contributed by atoms with Gasteiger partial charge >= 0.3 is 0 Å². The molecule has 4 rings (SSSR count). The zero-order valence-corrected chi connectivity index (χ0v) is 20.6. The first-order valence-electron chi connectivity index (χ1n) is 11.3. The van der Waals surface area contributed by atoms with E-state index in [4.69, 9.17) is 5.26 Å². The van der Waals surface area contributed by atoms with E-state index in [-0.39, 0.29) is 5.54 Å². The Morgan fingerprint density at radius 1 is 1.12 bits per heavy atom. The second-order valence-corrected chi connectivity index (χ2v) is 10.8. The first-order valence-corrected chi connectivity index (χ1v) is 12.9. The number of thioether (sulfide) groups is 1. The largest absolute Gasteiger partial charge is 0.366 e. The van der Waals surface area contributed by atoms with Crippen molar-refractivity contribution in [2.45, 2.75) is 69.7 Å². The lowest BCUT2D eigenvalue weighted by atomic mass is 9.99. The van der Waals surface area contributed by atoms with Crippen molar-refractivity contribution >= 4 is 49.8 Å². The summed E-state index contributed by atoms with van der Waals surface area (Å²) in [6.45, 7) is 8.04. The third-order valence-electron chi connectivity index (χ3n) is 5.96. The van der Waals surface area contributed by atoms with E-state index in [0.717, 1.165) is 45.5 Å². The average Bonchev–Trinajstić information content (AvgIpc) is 3.28. The lowest BCUT2D eigenvalue weighted by Gasteiger charge is -2.34. The summed E-state index contributed by atoms with van der Waals surface area (Å²) in [4.78, 5) is 8.04. The van der Waals surface area contributed by atoms with Crippen LogP contribution < -0.4 is 4.90 Å². The highest BCUT2D eigenvalue weighted by molar-refractivity contribution is 8.03. The number of thiocyanates is 1. The van der Waals surface area contributed by atoms with Gasteiger partial charge in [0, 0.05) is 22.7 Å². The molecule has 0 N–H and O–H groups in total. The van der Waals surface area contributed by atoms with Crippen molar-refractivity contribution in [1.82, 2.24) is 4.98 Å². The minimum absolute atomic E-state index is 0.134. The third kappa shape index (κ3) is 5.13. The molecule has 166 valence electrons. The molecule has 0 aliphatic carbocycles. The number of fused-ring (bicyclic) bond motifs is 2. The maximum atomic E-state index is 8.86. The van der Waals surface area contributed by atoms with Crippen molar-refractivity contribution in [3.8, 4) is 5.40 Å². The molecular formula is C25H29N5S2. The van der Waals surface area contributed by atoms with E-state index in [1.165, 1.54) is 54.7 Å².